The number of rotatable bonds is 2. The van der Waals surface area contributed by atoms with Crippen LogP contribution in [0.25, 0.3) is 5.57 Å². The van der Waals surface area contributed by atoms with E-state index in [0.29, 0.717) is 5.92 Å². The van der Waals surface area contributed by atoms with Gasteiger partial charge in [0.25, 0.3) is 0 Å². The quantitative estimate of drug-likeness (QED) is 0.905. The fourth-order valence-corrected chi connectivity index (χ4v) is 4.48. The molecule has 0 aromatic heterocycles. The van der Waals surface area contributed by atoms with Crippen molar-refractivity contribution >= 4 is 5.57 Å². The van der Waals surface area contributed by atoms with Gasteiger partial charge in [0.1, 0.15) is 17.9 Å². The van der Waals surface area contributed by atoms with E-state index in [2.05, 4.69) is 5.32 Å². The van der Waals surface area contributed by atoms with Crippen molar-refractivity contribution in [3.8, 4) is 0 Å². The van der Waals surface area contributed by atoms with Gasteiger partial charge in [-0.3, -0.25) is 5.32 Å². The Morgan fingerprint density at radius 2 is 1.54 bits per heavy atom. The molecule has 0 amide bonds. The van der Waals surface area contributed by atoms with Gasteiger partial charge in [-0.1, -0.05) is 24.3 Å². The first kappa shape index (κ1) is 14.3. The highest BCUT2D eigenvalue weighted by Gasteiger charge is 2.52. The van der Waals surface area contributed by atoms with Gasteiger partial charge in [0.05, 0.1) is 6.10 Å². The van der Waals surface area contributed by atoms with Crippen LogP contribution in [0.4, 0.5) is 8.78 Å². The van der Waals surface area contributed by atoms with Gasteiger partial charge in [-0.25, -0.2) is 8.78 Å². The molecule has 2 aromatic rings. The molecule has 0 spiro atoms. The van der Waals surface area contributed by atoms with E-state index in [0.717, 1.165) is 24.1 Å². The summed E-state index contributed by atoms with van der Waals surface area (Å²) in [7, 11) is 0. The summed E-state index contributed by atoms with van der Waals surface area (Å²) in [5, 5.41) is 3.41. The van der Waals surface area contributed by atoms with Crippen LogP contribution in [0, 0.1) is 17.6 Å². The Hall–Kier alpha value is -2.04. The Labute approximate surface area is 139 Å². The molecule has 4 heteroatoms. The van der Waals surface area contributed by atoms with Crippen LogP contribution in [0.1, 0.15) is 23.5 Å². The van der Waals surface area contributed by atoms with Gasteiger partial charge in [0.2, 0.25) is 0 Å². The Balaban J connectivity index is 1.60. The zero-order valence-corrected chi connectivity index (χ0v) is 13.0. The number of nitrogens with one attached hydrogen (secondary N) is 1. The van der Waals surface area contributed by atoms with Gasteiger partial charge in [0, 0.05) is 18.4 Å². The maximum absolute atomic E-state index is 13.3. The number of hydrogen-bond acceptors (Lipinski definition) is 2. The molecule has 2 saturated heterocycles. The SMILES string of the molecule is Fc1ccc(C2=C3C4NCC3C(O4)C(c3ccc(F)cc3)C2)cc1. The van der Waals surface area contributed by atoms with Crippen molar-refractivity contribution in [1.82, 2.24) is 5.32 Å². The summed E-state index contributed by atoms with van der Waals surface area (Å²) in [6.45, 7) is 0.910. The molecule has 2 aromatic carbocycles. The second-order valence-corrected chi connectivity index (χ2v) is 6.80. The normalized spacial score (nSPS) is 30.9. The molecule has 1 N–H and O–H groups in total. The molecule has 122 valence electrons. The van der Waals surface area contributed by atoms with E-state index in [1.54, 1.807) is 0 Å². The molecule has 4 bridgehead atoms. The summed E-state index contributed by atoms with van der Waals surface area (Å²) >= 11 is 0. The number of benzene rings is 2. The minimum atomic E-state index is -0.225. The van der Waals surface area contributed by atoms with Crippen LogP contribution in [0.5, 0.6) is 0 Å². The van der Waals surface area contributed by atoms with E-state index in [-0.39, 0.29) is 29.9 Å². The fourth-order valence-electron chi connectivity index (χ4n) is 4.48. The summed E-state index contributed by atoms with van der Waals surface area (Å²) in [5.74, 6) is 0.0994. The van der Waals surface area contributed by atoms with E-state index in [1.165, 1.54) is 35.4 Å². The highest BCUT2D eigenvalue weighted by atomic mass is 19.1. The minimum Gasteiger partial charge on any atom is -0.355 e. The van der Waals surface area contributed by atoms with Crippen molar-refractivity contribution in [3.63, 3.8) is 0 Å². The van der Waals surface area contributed by atoms with Crippen molar-refractivity contribution in [2.45, 2.75) is 24.7 Å². The van der Waals surface area contributed by atoms with E-state index in [1.807, 2.05) is 24.3 Å². The number of halogens is 2. The Kier molecular flexibility index (Phi) is 3.12. The summed E-state index contributed by atoms with van der Waals surface area (Å²) in [6, 6.07) is 13.4. The third-order valence-electron chi connectivity index (χ3n) is 5.55. The van der Waals surface area contributed by atoms with Crippen LogP contribution < -0.4 is 5.32 Å². The second-order valence-electron chi connectivity index (χ2n) is 6.80. The largest absolute Gasteiger partial charge is 0.355 e. The molecule has 2 nitrogen and oxygen atoms in total. The third kappa shape index (κ3) is 2.06. The van der Waals surface area contributed by atoms with Crippen molar-refractivity contribution in [1.29, 1.82) is 0 Å². The average molecular weight is 325 g/mol. The maximum atomic E-state index is 13.3. The van der Waals surface area contributed by atoms with Crippen LogP contribution in [0.2, 0.25) is 0 Å². The van der Waals surface area contributed by atoms with Gasteiger partial charge in [-0.05, 0) is 53.0 Å². The van der Waals surface area contributed by atoms with Crippen LogP contribution in [-0.2, 0) is 4.74 Å². The van der Waals surface area contributed by atoms with Crippen LogP contribution in [0.15, 0.2) is 54.1 Å². The lowest BCUT2D eigenvalue weighted by atomic mass is 9.73. The lowest BCUT2D eigenvalue weighted by Gasteiger charge is -2.33. The third-order valence-corrected chi connectivity index (χ3v) is 5.55. The van der Waals surface area contributed by atoms with Gasteiger partial charge >= 0.3 is 0 Å². The molecule has 0 radical (unpaired) electrons. The predicted octanol–water partition coefficient (Wildman–Crippen LogP) is 3.85. The molecule has 2 heterocycles. The standard InChI is InChI=1S/C20H17F2NO/c21-13-5-1-11(2-6-13)15-9-16(12-3-7-14(22)8-4-12)19-17-10-23-20(24-19)18(15)17/h1-8,16-17,19-20,23H,9-10H2. The summed E-state index contributed by atoms with van der Waals surface area (Å²) in [5.41, 5.74) is 4.73. The van der Waals surface area contributed by atoms with Crippen LogP contribution in [0.3, 0.4) is 0 Å². The highest BCUT2D eigenvalue weighted by molar-refractivity contribution is 5.73. The number of hydrogen-bond donors (Lipinski definition) is 1. The fraction of sp³-hybridized carbons (Fsp3) is 0.300. The number of allylic oxidation sites excluding steroid dienone is 1. The van der Waals surface area contributed by atoms with Crippen LogP contribution in [-0.4, -0.2) is 18.9 Å². The molecule has 1 aliphatic carbocycles. The van der Waals surface area contributed by atoms with Crippen molar-refractivity contribution < 1.29 is 13.5 Å². The van der Waals surface area contributed by atoms with Gasteiger partial charge in [-0.15, -0.1) is 0 Å². The summed E-state index contributed by atoms with van der Waals surface area (Å²) in [6.07, 6.45) is 0.942. The topological polar surface area (TPSA) is 21.3 Å². The smallest absolute Gasteiger partial charge is 0.131 e. The molecule has 4 unspecified atom stereocenters. The molecular weight excluding hydrogens is 308 g/mol. The minimum absolute atomic E-state index is 0.0366. The monoisotopic (exact) mass is 325 g/mol. The highest BCUT2D eigenvalue weighted by Crippen LogP contribution is 2.53. The Bertz CT molecular complexity index is 813. The first-order valence-electron chi connectivity index (χ1n) is 8.34. The van der Waals surface area contributed by atoms with E-state index in [9.17, 15) is 8.78 Å². The van der Waals surface area contributed by atoms with Gasteiger partial charge < -0.3 is 4.74 Å². The van der Waals surface area contributed by atoms with E-state index >= 15 is 0 Å². The van der Waals surface area contributed by atoms with Crippen molar-refractivity contribution in [2.75, 3.05) is 6.54 Å². The Morgan fingerprint density at radius 3 is 2.25 bits per heavy atom. The first-order valence-corrected chi connectivity index (χ1v) is 8.34. The molecular formula is C20H17F2NO. The number of ether oxygens (including phenoxy) is 1. The summed E-state index contributed by atoms with van der Waals surface area (Å²) < 4.78 is 32.8. The van der Waals surface area contributed by atoms with Gasteiger partial charge in [0.15, 0.2) is 0 Å². The summed E-state index contributed by atoms with van der Waals surface area (Å²) in [4.78, 5) is 0. The molecule has 2 fully saturated rings. The molecule has 0 saturated carbocycles. The van der Waals surface area contributed by atoms with Gasteiger partial charge in [-0.2, -0.15) is 0 Å². The molecule has 3 aliphatic rings. The zero-order valence-electron chi connectivity index (χ0n) is 13.0. The van der Waals surface area contributed by atoms with Crippen molar-refractivity contribution in [3.05, 3.63) is 76.9 Å². The molecule has 2 aliphatic heterocycles. The predicted molar refractivity (Wildman–Crippen MR) is 87.2 cm³/mol. The Morgan fingerprint density at radius 1 is 0.875 bits per heavy atom. The molecule has 24 heavy (non-hydrogen) atoms. The lowest BCUT2D eigenvalue weighted by Crippen LogP contribution is -2.38. The first-order chi connectivity index (χ1) is 11.7. The molecule has 4 atom stereocenters. The van der Waals surface area contributed by atoms with Crippen LogP contribution >= 0.6 is 0 Å². The zero-order chi connectivity index (χ0) is 16.3. The average Bonchev–Trinajstić information content (AvgIpc) is 3.12. The van der Waals surface area contributed by atoms with E-state index < -0.39 is 0 Å². The van der Waals surface area contributed by atoms with E-state index in [4.69, 9.17) is 4.74 Å². The lowest BCUT2D eigenvalue weighted by molar-refractivity contribution is -0.0170. The van der Waals surface area contributed by atoms with Crippen molar-refractivity contribution in [2.24, 2.45) is 5.92 Å². The maximum Gasteiger partial charge on any atom is 0.131 e. The molecule has 5 rings (SSSR count). The second kappa shape index (κ2) is 5.23.